The first-order valence-corrected chi connectivity index (χ1v) is 22.5. The Labute approximate surface area is 315 Å². The van der Waals surface area contributed by atoms with Gasteiger partial charge in [0.2, 0.25) is 0 Å². The second-order valence-electron chi connectivity index (χ2n) is 12.6. The maximum atomic E-state index is 2.38. The van der Waals surface area contributed by atoms with E-state index in [9.17, 15) is 0 Å². The summed E-state index contributed by atoms with van der Waals surface area (Å²) in [5.74, 6) is 0.584. The van der Waals surface area contributed by atoms with Gasteiger partial charge in [-0.15, -0.1) is 68.6 Å². The normalized spacial score (nSPS) is 10.3. The Morgan fingerprint density at radius 2 is 1.15 bits per heavy atom. The summed E-state index contributed by atoms with van der Waals surface area (Å²) in [7, 11) is 0. The molecule has 7 aromatic rings. The minimum atomic E-state index is 0. The second-order valence-corrected chi connectivity index (χ2v) is 22.0. The van der Waals surface area contributed by atoms with Gasteiger partial charge in [-0.3, -0.25) is 0 Å². The largest absolute Gasteiger partial charge is 1.00 e. The van der Waals surface area contributed by atoms with E-state index in [1.54, 1.807) is 23.3 Å². The van der Waals surface area contributed by atoms with Crippen molar-refractivity contribution in [2.45, 2.75) is 52.6 Å². The molecule has 7 rings (SSSR count). The smallest absolute Gasteiger partial charge is 0.0254 e. The van der Waals surface area contributed by atoms with Crippen molar-refractivity contribution < 1.29 is 48.1 Å². The van der Waals surface area contributed by atoms with E-state index in [1.165, 1.54) is 66.1 Å². The van der Waals surface area contributed by atoms with Crippen LogP contribution in [-0.4, -0.2) is 5.43 Å². The Morgan fingerprint density at radius 3 is 1.71 bits per heavy atom. The van der Waals surface area contributed by atoms with Gasteiger partial charge in [0.25, 0.3) is 0 Å². The average molecular weight is 763 g/mol. The Hall–Kier alpha value is -3.00. The van der Waals surface area contributed by atoms with Crippen LogP contribution in [0.15, 0.2) is 146 Å². The van der Waals surface area contributed by atoms with Crippen LogP contribution in [0.2, 0.25) is 13.1 Å². The standard InChI is InChI=1S/C24H21.C18H17.C2H6Si.2ClH.Zr/c1-18-12-15-22(21-10-6-3-7-11-21)24-17-20(16-23(18)24)14-13-19-8-4-2-5-9-19;1-13(2)16-11-15-9-6-10-17(18(15)12-16)14-7-4-3-5-8-14;1-3-2;;;/h2-12,15-17H,13-14H2,1H3;3-13H,1-2H3;1-2H3;2*1H;/q2*-1;;;;+2/p-2. The van der Waals surface area contributed by atoms with Crippen molar-refractivity contribution in [2.75, 3.05) is 0 Å². The molecule has 0 aliphatic rings. The van der Waals surface area contributed by atoms with E-state index >= 15 is 0 Å². The summed E-state index contributed by atoms with van der Waals surface area (Å²) >= 11 is 1.74. The van der Waals surface area contributed by atoms with Crippen molar-refractivity contribution in [1.29, 1.82) is 0 Å². The van der Waals surface area contributed by atoms with E-state index in [0.29, 0.717) is 5.92 Å². The van der Waals surface area contributed by atoms with E-state index in [2.05, 4.69) is 179 Å². The first-order valence-electron chi connectivity index (χ1n) is 16.3. The van der Waals surface area contributed by atoms with Crippen LogP contribution in [0.3, 0.4) is 0 Å². The second kappa shape index (κ2) is 19.3. The van der Waals surface area contributed by atoms with Gasteiger partial charge in [-0.2, -0.15) is 12.1 Å². The predicted molar refractivity (Wildman–Crippen MR) is 200 cm³/mol. The fourth-order valence-electron chi connectivity index (χ4n) is 5.91. The van der Waals surface area contributed by atoms with E-state index in [-0.39, 0.29) is 30.2 Å². The third kappa shape index (κ3) is 10.5. The van der Waals surface area contributed by atoms with Gasteiger partial charge in [-0.1, -0.05) is 135 Å². The quantitative estimate of drug-likeness (QED) is 0.135. The molecule has 0 heterocycles. The zero-order valence-corrected chi connectivity index (χ0v) is 33.6. The van der Waals surface area contributed by atoms with Crippen molar-refractivity contribution in [3.63, 3.8) is 0 Å². The van der Waals surface area contributed by atoms with Crippen LogP contribution < -0.4 is 24.8 Å². The molecule has 0 fully saturated rings. The van der Waals surface area contributed by atoms with E-state index in [1.807, 2.05) is 0 Å². The predicted octanol–water partition coefficient (Wildman–Crippen LogP) is 6.46. The van der Waals surface area contributed by atoms with Crippen LogP contribution in [0.25, 0.3) is 43.8 Å². The SMILES string of the molecule is CC(C)c1cc2c(-c3ccccc3)cccc2[cH-]1.C[Si](C)=[Zr+2].Cc1ccc(-c2ccccc2)c2cc(CCc3ccccc3)[cH-]c12.[Cl-].[Cl-]. The molecule has 0 atom stereocenters. The number of rotatable bonds is 6. The summed E-state index contributed by atoms with van der Waals surface area (Å²) in [4.78, 5) is 0. The first-order chi connectivity index (χ1) is 22.3. The molecule has 0 N–H and O–H groups in total. The molecule has 0 saturated carbocycles. The van der Waals surface area contributed by atoms with Crippen LogP contribution in [0.4, 0.5) is 0 Å². The molecule has 48 heavy (non-hydrogen) atoms. The number of hydrogen-bond donors (Lipinski definition) is 0. The number of benzene rings is 5. The van der Waals surface area contributed by atoms with E-state index in [4.69, 9.17) is 0 Å². The van der Waals surface area contributed by atoms with Crippen molar-refractivity contribution in [3.8, 4) is 22.3 Å². The van der Waals surface area contributed by atoms with Crippen LogP contribution in [0.1, 0.15) is 42.0 Å². The minimum absolute atomic E-state index is 0. The Kier molecular flexibility index (Phi) is 15.8. The summed E-state index contributed by atoms with van der Waals surface area (Å²) in [5.41, 5.74) is 11.1. The van der Waals surface area contributed by atoms with Crippen molar-refractivity contribution in [2.24, 2.45) is 0 Å². The molecular formula is C44H44Cl2SiZr-2. The minimum Gasteiger partial charge on any atom is -1.00 e. The van der Waals surface area contributed by atoms with Gasteiger partial charge in [0.05, 0.1) is 0 Å². The summed E-state index contributed by atoms with van der Waals surface area (Å²) in [6.45, 7) is 11.3. The third-order valence-electron chi connectivity index (χ3n) is 8.32. The zero-order valence-electron chi connectivity index (χ0n) is 28.6. The van der Waals surface area contributed by atoms with Gasteiger partial charge in [0.1, 0.15) is 0 Å². The molecule has 0 aliphatic heterocycles. The van der Waals surface area contributed by atoms with E-state index < -0.39 is 0 Å². The van der Waals surface area contributed by atoms with Gasteiger partial charge < -0.3 is 24.8 Å². The third-order valence-corrected chi connectivity index (χ3v) is 8.32. The molecule has 0 aliphatic carbocycles. The molecule has 0 bridgehead atoms. The maximum Gasteiger partial charge on any atom is -0.0254 e. The fourth-order valence-corrected chi connectivity index (χ4v) is 5.91. The summed E-state index contributed by atoms with van der Waals surface area (Å²) in [6, 6.07) is 52.5. The Morgan fingerprint density at radius 1 is 0.604 bits per heavy atom. The van der Waals surface area contributed by atoms with Crippen molar-refractivity contribution in [3.05, 3.63) is 168 Å². The van der Waals surface area contributed by atoms with E-state index in [0.717, 1.165) is 12.8 Å². The molecule has 0 spiro atoms. The van der Waals surface area contributed by atoms with Crippen LogP contribution >= 0.6 is 0 Å². The Balaban J connectivity index is 0.000000232. The van der Waals surface area contributed by atoms with Crippen LogP contribution in [0.5, 0.6) is 0 Å². The number of hydrogen-bond acceptors (Lipinski definition) is 0. The molecule has 0 radical (unpaired) electrons. The number of fused-ring (bicyclic) bond motifs is 2. The van der Waals surface area contributed by atoms with Gasteiger partial charge in [-0.25, -0.2) is 0 Å². The van der Waals surface area contributed by atoms with Crippen LogP contribution in [-0.2, 0) is 36.2 Å². The van der Waals surface area contributed by atoms with Gasteiger partial charge in [0, 0.05) is 0 Å². The molecule has 0 nitrogen and oxygen atoms in total. The molecule has 7 aromatic carbocycles. The molecule has 0 unspecified atom stereocenters. The number of halogens is 2. The fraction of sp³-hybridized carbons (Fsp3) is 0.182. The summed E-state index contributed by atoms with van der Waals surface area (Å²) in [5, 5.41) is 5.48. The van der Waals surface area contributed by atoms with Crippen molar-refractivity contribution >= 4 is 27.0 Å². The summed E-state index contributed by atoms with van der Waals surface area (Å²) in [6.07, 6.45) is 2.18. The molecule has 0 aromatic heterocycles. The molecular weight excluding hydrogens is 719 g/mol. The molecule has 0 amide bonds. The topological polar surface area (TPSA) is 0 Å². The first kappa shape index (κ1) is 39.4. The number of aryl methyl sites for hydroxylation is 3. The van der Waals surface area contributed by atoms with Gasteiger partial charge in [-0.05, 0) is 35.4 Å². The van der Waals surface area contributed by atoms with Crippen LogP contribution in [0, 0.1) is 6.92 Å². The monoisotopic (exact) mass is 760 g/mol. The zero-order chi connectivity index (χ0) is 32.5. The van der Waals surface area contributed by atoms with Gasteiger partial charge in [0.15, 0.2) is 0 Å². The van der Waals surface area contributed by atoms with Gasteiger partial charge >= 0.3 is 41.9 Å². The Bertz CT molecular complexity index is 2000. The molecule has 0 saturated heterocycles. The average Bonchev–Trinajstić information content (AvgIpc) is 3.71. The van der Waals surface area contributed by atoms with Crippen molar-refractivity contribution in [1.82, 2.24) is 0 Å². The summed E-state index contributed by atoms with van der Waals surface area (Å²) < 4.78 is 0. The molecule has 4 heteroatoms. The maximum absolute atomic E-state index is 2.38. The molecule has 244 valence electrons.